The van der Waals surface area contributed by atoms with Gasteiger partial charge in [-0.1, -0.05) is 5.16 Å². The van der Waals surface area contributed by atoms with Crippen LogP contribution in [0.4, 0.5) is 0 Å². The largest absolute Gasteiger partial charge is 0.396 e. The molecule has 5 nitrogen and oxygen atoms in total. The molecule has 0 fully saturated rings. The number of aliphatic hydroxyl groups excluding tert-OH is 1. The second-order valence-electron chi connectivity index (χ2n) is 2.10. The lowest BCUT2D eigenvalue weighted by Crippen LogP contribution is -2.16. The molecule has 5 heteroatoms. The monoisotopic (exact) mass is 157 g/mol. The molecule has 0 atom stereocenters. The molecule has 0 bridgehead atoms. The molecule has 0 spiro atoms. The first-order valence-corrected chi connectivity index (χ1v) is 3.50. The number of hydrogen-bond acceptors (Lipinski definition) is 5. The van der Waals surface area contributed by atoms with Gasteiger partial charge >= 0.3 is 0 Å². The summed E-state index contributed by atoms with van der Waals surface area (Å²) in [7, 11) is 0. The molecule has 1 aromatic rings. The van der Waals surface area contributed by atoms with E-state index in [1.807, 2.05) is 0 Å². The summed E-state index contributed by atoms with van der Waals surface area (Å²) in [5.41, 5.74) is 0. The maximum Gasteiger partial charge on any atom is 0.213 e. The van der Waals surface area contributed by atoms with E-state index in [-0.39, 0.29) is 6.61 Å². The van der Waals surface area contributed by atoms with Gasteiger partial charge in [-0.25, -0.2) is 0 Å². The lowest BCUT2D eigenvalue weighted by molar-refractivity contribution is 0.285. The summed E-state index contributed by atoms with van der Waals surface area (Å²) in [6.07, 6.45) is 2.04. The van der Waals surface area contributed by atoms with Gasteiger partial charge in [-0.3, -0.25) is 0 Å². The first-order chi connectivity index (χ1) is 5.43. The van der Waals surface area contributed by atoms with Crippen molar-refractivity contribution in [3.63, 3.8) is 0 Å². The maximum absolute atomic E-state index is 8.43. The van der Waals surface area contributed by atoms with E-state index >= 15 is 0 Å². The van der Waals surface area contributed by atoms with E-state index in [1.165, 1.54) is 6.39 Å². The molecule has 1 heterocycles. The highest BCUT2D eigenvalue weighted by atomic mass is 16.5. The van der Waals surface area contributed by atoms with Crippen molar-refractivity contribution in [2.24, 2.45) is 0 Å². The van der Waals surface area contributed by atoms with Crippen molar-refractivity contribution in [2.75, 3.05) is 13.2 Å². The van der Waals surface area contributed by atoms with Crippen LogP contribution in [0.1, 0.15) is 12.2 Å². The predicted molar refractivity (Wildman–Crippen MR) is 37.7 cm³/mol. The predicted octanol–water partition coefficient (Wildman–Crippen LogP) is -0.458. The minimum atomic E-state index is 0.208. The summed E-state index contributed by atoms with van der Waals surface area (Å²) >= 11 is 0. The molecule has 0 radical (unpaired) electrons. The molecule has 0 unspecified atom stereocenters. The zero-order valence-corrected chi connectivity index (χ0v) is 6.16. The Morgan fingerprint density at radius 2 is 2.55 bits per heavy atom. The Labute approximate surface area is 64.4 Å². The number of nitrogens with one attached hydrogen (secondary N) is 1. The van der Waals surface area contributed by atoms with Gasteiger partial charge in [-0.15, -0.1) is 0 Å². The average Bonchev–Trinajstić information content (AvgIpc) is 2.50. The molecule has 1 aromatic heterocycles. The lowest BCUT2D eigenvalue weighted by atomic mass is 10.4. The van der Waals surface area contributed by atoms with Crippen LogP contribution in [0.5, 0.6) is 0 Å². The first-order valence-electron chi connectivity index (χ1n) is 3.50. The Bertz CT molecular complexity index is 176. The van der Waals surface area contributed by atoms with Crippen LogP contribution in [0.25, 0.3) is 0 Å². The first kappa shape index (κ1) is 8.16. The molecule has 0 aliphatic heterocycles. The van der Waals surface area contributed by atoms with Crippen LogP contribution in [0.15, 0.2) is 10.9 Å². The zero-order chi connectivity index (χ0) is 7.94. The molecule has 0 aromatic carbocycles. The van der Waals surface area contributed by atoms with Gasteiger partial charge < -0.3 is 14.9 Å². The van der Waals surface area contributed by atoms with Crippen molar-refractivity contribution in [1.29, 1.82) is 0 Å². The van der Waals surface area contributed by atoms with Gasteiger partial charge in [0.05, 0.1) is 6.54 Å². The molecule has 11 heavy (non-hydrogen) atoms. The van der Waals surface area contributed by atoms with E-state index in [2.05, 4.69) is 20.0 Å². The molecular formula is C6H11N3O2. The molecule has 0 aliphatic carbocycles. The summed E-state index contributed by atoms with van der Waals surface area (Å²) < 4.78 is 4.52. The van der Waals surface area contributed by atoms with Crippen LogP contribution in [-0.4, -0.2) is 28.4 Å². The summed E-state index contributed by atoms with van der Waals surface area (Å²) in [6, 6.07) is 0. The van der Waals surface area contributed by atoms with Gasteiger partial charge in [0, 0.05) is 6.61 Å². The molecule has 0 aliphatic rings. The van der Waals surface area contributed by atoms with Crippen LogP contribution in [-0.2, 0) is 6.54 Å². The van der Waals surface area contributed by atoms with Crippen LogP contribution in [0, 0.1) is 0 Å². The Balaban J connectivity index is 2.04. The number of hydrogen-bond donors (Lipinski definition) is 2. The molecule has 0 saturated heterocycles. The number of rotatable bonds is 5. The average molecular weight is 157 g/mol. The molecule has 0 saturated carbocycles. The lowest BCUT2D eigenvalue weighted by Gasteiger charge is -1.97. The highest BCUT2D eigenvalue weighted by Gasteiger charge is 1.95. The van der Waals surface area contributed by atoms with Crippen LogP contribution in [0.3, 0.4) is 0 Å². The third-order valence-electron chi connectivity index (χ3n) is 1.20. The molecular weight excluding hydrogens is 146 g/mol. The summed E-state index contributed by atoms with van der Waals surface area (Å²) in [5, 5.41) is 15.1. The van der Waals surface area contributed by atoms with Crippen molar-refractivity contribution < 1.29 is 9.63 Å². The van der Waals surface area contributed by atoms with E-state index in [0.717, 1.165) is 13.0 Å². The highest BCUT2D eigenvalue weighted by Crippen LogP contribution is 1.86. The summed E-state index contributed by atoms with van der Waals surface area (Å²) in [4.78, 5) is 3.81. The Hall–Kier alpha value is -0.940. The van der Waals surface area contributed by atoms with E-state index in [4.69, 9.17) is 5.11 Å². The zero-order valence-electron chi connectivity index (χ0n) is 6.16. The fraction of sp³-hybridized carbons (Fsp3) is 0.667. The van der Waals surface area contributed by atoms with E-state index < -0.39 is 0 Å². The van der Waals surface area contributed by atoms with Gasteiger partial charge in [0.15, 0.2) is 5.82 Å². The fourth-order valence-electron chi connectivity index (χ4n) is 0.675. The van der Waals surface area contributed by atoms with Crippen LogP contribution < -0.4 is 5.32 Å². The van der Waals surface area contributed by atoms with Gasteiger partial charge in [0.25, 0.3) is 0 Å². The summed E-state index contributed by atoms with van der Waals surface area (Å²) in [6.45, 7) is 1.57. The molecule has 2 N–H and O–H groups in total. The third kappa shape index (κ3) is 3.10. The molecule has 0 amide bonds. The summed E-state index contributed by atoms with van der Waals surface area (Å²) in [5.74, 6) is 0.642. The number of aromatic nitrogens is 2. The molecule has 1 rings (SSSR count). The van der Waals surface area contributed by atoms with Crippen molar-refractivity contribution in [3.8, 4) is 0 Å². The van der Waals surface area contributed by atoms with Crippen LogP contribution >= 0.6 is 0 Å². The highest BCUT2D eigenvalue weighted by molar-refractivity contribution is 4.75. The van der Waals surface area contributed by atoms with Crippen molar-refractivity contribution in [3.05, 3.63) is 12.2 Å². The SMILES string of the molecule is OCCCNCc1ncon1. The maximum atomic E-state index is 8.43. The fourth-order valence-corrected chi connectivity index (χ4v) is 0.675. The second kappa shape index (κ2) is 4.81. The van der Waals surface area contributed by atoms with Gasteiger partial charge in [0.1, 0.15) is 0 Å². The van der Waals surface area contributed by atoms with Gasteiger partial charge in [-0.05, 0) is 13.0 Å². The quantitative estimate of drug-likeness (QED) is 0.566. The van der Waals surface area contributed by atoms with Crippen molar-refractivity contribution in [1.82, 2.24) is 15.5 Å². The number of nitrogens with zero attached hydrogens (tertiary/aromatic N) is 2. The Morgan fingerprint density at radius 3 is 3.18 bits per heavy atom. The van der Waals surface area contributed by atoms with Crippen molar-refractivity contribution in [2.45, 2.75) is 13.0 Å². The van der Waals surface area contributed by atoms with Gasteiger partial charge in [0.2, 0.25) is 6.39 Å². The van der Waals surface area contributed by atoms with Crippen LogP contribution in [0.2, 0.25) is 0 Å². The topological polar surface area (TPSA) is 71.2 Å². The van der Waals surface area contributed by atoms with E-state index in [9.17, 15) is 0 Å². The normalized spacial score (nSPS) is 10.3. The minimum Gasteiger partial charge on any atom is -0.396 e. The third-order valence-corrected chi connectivity index (χ3v) is 1.20. The van der Waals surface area contributed by atoms with Gasteiger partial charge in [-0.2, -0.15) is 4.98 Å². The van der Waals surface area contributed by atoms with E-state index in [0.29, 0.717) is 12.4 Å². The van der Waals surface area contributed by atoms with Crippen molar-refractivity contribution >= 4 is 0 Å². The smallest absolute Gasteiger partial charge is 0.213 e. The minimum absolute atomic E-state index is 0.208. The molecule has 62 valence electrons. The second-order valence-corrected chi connectivity index (χ2v) is 2.10. The van der Waals surface area contributed by atoms with E-state index in [1.54, 1.807) is 0 Å². The Kier molecular flexibility index (Phi) is 3.57. The number of aliphatic hydroxyl groups is 1. The Morgan fingerprint density at radius 1 is 1.64 bits per heavy atom. The standard InChI is InChI=1S/C6H11N3O2/c10-3-1-2-7-4-6-8-5-11-9-6/h5,7,10H,1-4H2.